The van der Waals surface area contributed by atoms with E-state index < -0.39 is 11.8 Å². The van der Waals surface area contributed by atoms with Crippen molar-refractivity contribution in [3.05, 3.63) is 95.6 Å². The number of nitrogens with one attached hydrogen (secondary N) is 3. The van der Waals surface area contributed by atoms with Gasteiger partial charge in [0.1, 0.15) is 0 Å². The molecular formula is C28H29N3O4. The molecule has 0 spiro atoms. The first-order chi connectivity index (χ1) is 16.9. The molecule has 0 saturated carbocycles. The molecule has 35 heavy (non-hydrogen) atoms. The van der Waals surface area contributed by atoms with Gasteiger partial charge < -0.3 is 16.0 Å². The van der Waals surface area contributed by atoms with E-state index in [0.29, 0.717) is 17.5 Å². The van der Waals surface area contributed by atoms with E-state index in [9.17, 15) is 19.2 Å². The van der Waals surface area contributed by atoms with Crippen LogP contribution >= 0.6 is 0 Å². The molecule has 0 bridgehead atoms. The Morgan fingerprint density at radius 2 is 1.54 bits per heavy atom. The van der Waals surface area contributed by atoms with E-state index in [1.54, 1.807) is 30.3 Å². The maximum atomic E-state index is 13.1. The summed E-state index contributed by atoms with van der Waals surface area (Å²) in [5.74, 6) is -1.91. The third kappa shape index (κ3) is 7.11. The van der Waals surface area contributed by atoms with E-state index in [-0.39, 0.29) is 30.8 Å². The van der Waals surface area contributed by atoms with Gasteiger partial charge in [-0.3, -0.25) is 19.2 Å². The van der Waals surface area contributed by atoms with Crippen LogP contribution in [-0.4, -0.2) is 30.0 Å². The third-order valence-corrected chi connectivity index (χ3v) is 5.49. The Labute approximate surface area is 204 Å². The summed E-state index contributed by atoms with van der Waals surface area (Å²) in [6, 6.07) is 20.7. The molecule has 7 nitrogen and oxygen atoms in total. The molecule has 3 amide bonds. The first kappa shape index (κ1) is 25.4. The second-order valence-electron chi connectivity index (χ2n) is 8.16. The highest BCUT2D eigenvalue weighted by molar-refractivity contribution is 6.35. The van der Waals surface area contributed by atoms with Crippen LogP contribution in [0, 0.1) is 0 Å². The van der Waals surface area contributed by atoms with Gasteiger partial charge in [-0.2, -0.15) is 0 Å². The number of ketones is 1. The minimum absolute atomic E-state index is 0.0305. The molecule has 3 aromatic carbocycles. The average Bonchev–Trinajstić information content (AvgIpc) is 2.86. The average molecular weight is 472 g/mol. The predicted molar refractivity (Wildman–Crippen MR) is 136 cm³/mol. The van der Waals surface area contributed by atoms with Crippen LogP contribution < -0.4 is 16.0 Å². The van der Waals surface area contributed by atoms with E-state index in [0.717, 1.165) is 16.3 Å². The van der Waals surface area contributed by atoms with E-state index in [4.69, 9.17) is 0 Å². The van der Waals surface area contributed by atoms with Crippen molar-refractivity contribution in [3.8, 4) is 0 Å². The Hall–Kier alpha value is -4.26. The summed E-state index contributed by atoms with van der Waals surface area (Å²) in [5.41, 5.74) is 2.03. The van der Waals surface area contributed by atoms with Crippen LogP contribution in [0.15, 0.2) is 78.9 Å². The summed E-state index contributed by atoms with van der Waals surface area (Å²) in [7, 11) is 0. The van der Waals surface area contributed by atoms with Gasteiger partial charge in [-0.05, 0) is 54.3 Å². The molecule has 0 radical (unpaired) electrons. The van der Waals surface area contributed by atoms with Gasteiger partial charge in [-0.15, -0.1) is 0 Å². The summed E-state index contributed by atoms with van der Waals surface area (Å²) in [6.45, 7) is 3.63. The highest BCUT2D eigenvalue weighted by atomic mass is 16.2. The smallest absolute Gasteiger partial charge is 0.309 e. The Kier molecular flexibility index (Phi) is 8.89. The third-order valence-electron chi connectivity index (χ3n) is 5.49. The lowest BCUT2D eigenvalue weighted by Gasteiger charge is -2.18. The van der Waals surface area contributed by atoms with Gasteiger partial charge in [0.05, 0.1) is 6.04 Å². The zero-order valence-electron chi connectivity index (χ0n) is 19.8. The summed E-state index contributed by atoms with van der Waals surface area (Å²) in [5, 5.41) is 10.3. The SMILES string of the molecule is CC(=O)/C=C/CCNC(=O)C(=O)NCc1ccccc1C(=O)N[C@H](C)c1cccc2ccccc12. The monoisotopic (exact) mass is 471 g/mol. The van der Waals surface area contributed by atoms with Gasteiger partial charge in [-0.25, -0.2) is 0 Å². The van der Waals surface area contributed by atoms with E-state index >= 15 is 0 Å². The normalized spacial score (nSPS) is 11.7. The lowest BCUT2D eigenvalue weighted by atomic mass is 9.99. The predicted octanol–water partition coefficient (Wildman–Crippen LogP) is 3.60. The maximum Gasteiger partial charge on any atom is 0.309 e. The summed E-state index contributed by atoms with van der Waals surface area (Å²) in [6.07, 6.45) is 3.49. The molecule has 1 atom stereocenters. The largest absolute Gasteiger partial charge is 0.348 e. The van der Waals surface area contributed by atoms with Crippen LogP contribution in [0.2, 0.25) is 0 Å². The Morgan fingerprint density at radius 3 is 2.34 bits per heavy atom. The highest BCUT2D eigenvalue weighted by Gasteiger charge is 2.18. The molecule has 7 heteroatoms. The van der Waals surface area contributed by atoms with Crippen molar-refractivity contribution < 1.29 is 19.2 Å². The van der Waals surface area contributed by atoms with Crippen molar-refractivity contribution in [3.63, 3.8) is 0 Å². The number of carbonyl (C=O) groups is 4. The van der Waals surface area contributed by atoms with E-state index in [1.807, 2.05) is 49.4 Å². The van der Waals surface area contributed by atoms with Crippen LogP contribution in [0.1, 0.15) is 47.8 Å². The van der Waals surface area contributed by atoms with Crippen molar-refractivity contribution in [1.82, 2.24) is 16.0 Å². The molecule has 0 aromatic heterocycles. The highest BCUT2D eigenvalue weighted by Crippen LogP contribution is 2.24. The second kappa shape index (κ2) is 12.3. The van der Waals surface area contributed by atoms with Crippen LogP contribution in [0.4, 0.5) is 0 Å². The quantitative estimate of drug-likeness (QED) is 0.252. The van der Waals surface area contributed by atoms with Gasteiger partial charge in [0, 0.05) is 18.7 Å². The molecule has 0 saturated heterocycles. The van der Waals surface area contributed by atoms with Crippen molar-refractivity contribution >= 4 is 34.3 Å². The summed E-state index contributed by atoms with van der Waals surface area (Å²) in [4.78, 5) is 48.1. The van der Waals surface area contributed by atoms with Crippen molar-refractivity contribution in [2.24, 2.45) is 0 Å². The molecule has 3 aromatic rings. The number of allylic oxidation sites excluding steroid dienone is 1. The van der Waals surface area contributed by atoms with Gasteiger partial charge in [-0.1, -0.05) is 66.7 Å². The fourth-order valence-electron chi connectivity index (χ4n) is 3.73. The van der Waals surface area contributed by atoms with Crippen molar-refractivity contribution in [2.45, 2.75) is 32.9 Å². The van der Waals surface area contributed by atoms with Gasteiger partial charge in [0.25, 0.3) is 5.91 Å². The molecule has 0 aliphatic carbocycles. The fourth-order valence-corrected chi connectivity index (χ4v) is 3.73. The fraction of sp³-hybridized carbons (Fsp3) is 0.214. The molecule has 0 aliphatic heterocycles. The zero-order valence-corrected chi connectivity index (χ0v) is 19.8. The molecule has 0 aliphatic rings. The Balaban J connectivity index is 1.60. The van der Waals surface area contributed by atoms with Crippen LogP contribution in [0.25, 0.3) is 10.8 Å². The molecule has 0 fully saturated rings. The molecule has 0 unspecified atom stereocenters. The molecular weight excluding hydrogens is 442 g/mol. The molecule has 3 N–H and O–H groups in total. The topological polar surface area (TPSA) is 104 Å². The first-order valence-corrected chi connectivity index (χ1v) is 11.5. The van der Waals surface area contributed by atoms with E-state index in [1.165, 1.54) is 13.0 Å². The minimum Gasteiger partial charge on any atom is -0.348 e. The lowest BCUT2D eigenvalue weighted by Crippen LogP contribution is -2.40. The number of carbonyl (C=O) groups excluding carboxylic acids is 4. The lowest BCUT2D eigenvalue weighted by molar-refractivity contribution is -0.139. The first-order valence-electron chi connectivity index (χ1n) is 11.5. The van der Waals surface area contributed by atoms with E-state index in [2.05, 4.69) is 16.0 Å². The number of benzene rings is 3. The van der Waals surface area contributed by atoms with Gasteiger partial charge in [0.2, 0.25) is 0 Å². The van der Waals surface area contributed by atoms with Crippen LogP contribution in [0.3, 0.4) is 0 Å². The molecule has 180 valence electrons. The van der Waals surface area contributed by atoms with Crippen LogP contribution in [0.5, 0.6) is 0 Å². The Bertz CT molecular complexity index is 1260. The van der Waals surface area contributed by atoms with Crippen molar-refractivity contribution in [2.75, 3.05) is 6.54 Å². The number of rotatable bonds is 9. The standard InChI is InChI=1S/C28H29N3O4/c1-19(32)10-7-8-17-29-27(34)28(35)30-18-22-12-4-6-15-25(22)26(33)31-20(2)23-16-9-13-21-11-3-5-14-24(21)23/h3-7,9-16,20H,8,17-18H2,1-2H3,(H,29,34)(H,30,35)(H,31,33)/b10-7+/t20-/m1/s1. The zero-order chi connectivity index (χ0) is 25.2. The minimum atomic E-state index is -0.792. The summed E-state index contributed by atoms with van der Waals surface area (Å²) >= 11 is 0. The maximum absolute atomic E-state index is 13.1. The van der Waals surface area contributed by atoms with Gasteiger partial charge in [0.15, 0.2) is 5.78 Å². The van der Waals surface area contributed by atoms with Crippen molar-refractivity contribution in [1.29, 1.82) is 0 Å². The molecule has 3 rings (SSSR count). The number of hydrogen-bond donors (Lipinski definition) is 3. The van der Waals surface area contributed by atoms with Crippen LogP contribution in [-0.2, 0) is 20.9 Å². The number of fused-ring (bicyclic) bond motifs is 1. The number of amides is 3. The second-order valence-corrected chi connectivity index (χ2v) is 8.16. The summed E-state index contributed by atoms with van der Waals surface area (Å²) < 4.78 is 0. The molecule has 0 heterocycles. The Morgan fingerprint density at radius 1 is 0.857 bits per heavy atom. The number of hydrogen-bond acceptors (Lipinski definition) is 4. The van der Waals surface area contributed by atoms with Gasteiger partial charge >= 0.3 is 11.8 Å².